The number of aromatic nitrogens is 6. The number of carbonyl (C=O) groups excluding carboxylic acids is 3. The molecule has 3 aliphatic rings. The molecular weight excluding hydrogens is 1220 g/mol. The Morgan fingerprint density at radius 3 is 1.52 bits per heavy atom. The molecule has 488 valence electrons. The molecule has 6 aromatic rings. The number of methoxy groups -OCH3 is 3. The summed E-state index contributed by atoms with van der Waals surface area (Å²) >= 11 is 19.0. The number of nitrogens with two attached hydrogens (primary N) is 1. The fourth-order valence-corrected chi connectivity index (χ4v) is 11.6. The quantitative estimate of drug-likeness (QED) is 0.0344. The number of piperidine rings is 3. The first-order valence-electron chi connectivity index (χ1n) is 29.8. The Bertz CT molecular complexity index is 3390. The highest BCUT2D eigenvalue weighted by Crippen LogP contribution is 2.35. The maximum atomic E-state index is 12.3. The van der Waals surface area contributed by atoms with E-state index in [0.29, 0.717) is 89.0 Å². The average molecular weight is 1310 g/mol. The molecule has 6 heterocycles. The number of alkyl carbamates (subject to hydrolysis) is 2. The molecule has 7 N–H and O–H groups in total. The Morgan fingerprint density at radius 2 is 1.06 bits per heavy atom. The van der Waals surface area contributed by atoms with E-state index in [4.69, 9.17) is 64.2 Å². The van der Waals surface area contributed by atoms with Gasteiger partial charge in [-0.25, -0.2) is 33.3 Å². The molecule has 3 atom stereocenters. The number of nitrogens with zero attached hydrogens (tertiary/aromatic N) is 8. The number of carboxylic acid groups (broad SMARTS) is 2. The molecule has 27 heteroatoms. The van der Waals surface area contributed by atoms with Crippen LogP contribution in [0.3, 0.4) is 0 Å². The fraction of sp³-hybridized carbons (Fsp3) is 0.492. The SMILES string of the molecule is COC(=O)c1[nH]nc(N2CCC[C@@H](N)C2)c1Cc1ccccc1Cl.COCn1nc(C(=O)O)c(Cc2ccccc2Cl)c1N1CCC[C@@H](NC(=O)OC(C)(C)C)C1.COCn1nc(N2CCC[C@@H](NC(=O)OC(C)(C)C)C2)c(Cc2ccccc2Cl)c1C(=O)O. The van der Waals surface area contributed by atoms with Crippen molar-refractivity contribution in [1.29, 1.82) is 0 Å². The number of carbonyl (C=O) groups is 5. The van der Waals surface area contributed by atoms with E-state index in [0.717, 1.165) is 79.7 Å². The van der Waals surface area contributed by atoms with E-state index in [-0.39, 0.29) is 43.0 Å². The highest BCUT2D eigenvalue weighted by molar-refractivity contribution is 6.32. The predicted molar refractivity (Wildman–Crippen MR) is 344 cm³/mol. The van der Waals surface area contributed by atoms with Crippen LogP contribution in [0.1, 0.15) is 145 Å². The number of amides is 2. The lowest BCUT2D eigenvalue weighted by molar-refractivity contribution is 0.0487. The standard InChI is InChI=1S/2C23H31ClN4O5.C17H21ClN4O2/c1-23(2,3)33-22(31)25-16-9-7-11-27(13-16)20-17(12-15-8-5-6-10-18(15)24)19(21(29)30)28(26-20)14-32-4;1-23(2,3)33-22(31)25-16-9-7-11-27(13-16)20-17(12-15-8-5-6-10-18(15)24)19(21(29)30)26-28(20)14-32-4;1-24-17(23)15-13(9-11-5-2-3-7-14(11)18)16(21-20-15)22-8-4-6-12(19)10-22/h2*5-6,8,10,16H,7,9,11-14H2,1-4H3,(H,25,31)(H,29,30);2-3,5,7,12H,4,6,8-10,19H2,1H3,(H,20,21)/t2*16-;12-/m111/s1. The predicted octanol–water partition coefficient (Wildman–Crippen LogP) is 10.2. The van der Waals surface area contributed by atoms with Crippen LogP contribution in [0.5, 0.6) is 0 Å². The van der Waals surface area contributed by atoms with Crippen LogP contribution in [0.2, 0.25) is 15.1 Å². The van der Waals surface area contributed by atoms with Crippen LogP contribution in [0.15, 0.2) is 72.8 Å². The van der Waals surface area contributed by atoms with E-state index in [9.17, 15) is 34.2 Å². The van der Waals surface area contributed by atoms with Gasteiger partial charge < -0.3 is 65.0 Å². The van der Waals surface area contributed by atoms with Crippen molar-refractivity contribution < 1.29 is 57.9 Å². The second-order valence-electron chi connectivity index (χ2n) is 24.2. The highest BCUT2D eigenvalue weighted by atomic mass is 35.5. The summed E-state index contributed by atoms with van der Waals surface area (Å²) in [5.74, 6) is -0.672. The van der Waals surface area contributed by atoms with Crippen LogP contribution in [0.4, 0.5) is 27.0 Å². The highest BCUT2D eigenvalue weighted by Gasteiger charge is 2.34. The lowest BCUT2D eigenvalue weighted by Crippen LogP contribution is -2.49. The number of halogens is 3. The lowest BCUT2D eigenvalue weighted by atomic mass is 10.0. The number of carboxylic acids is 2. The van der Waals surface area contributed by atoms with Crippen LogP contribution >= 0.6 is 34.8 Å². The number of aromatic amines is 1. The molecule has 0 bridgehead atoms. The smallest absolute Gasteiger partial charge is 0.407 e. The van der Waals surface area contributed by atoms with Gasteiger partial charge in [0, 0.05) is 123 Å². The molecule has 90 heavy (non-hydrogen) atoms. The van der Waals surface area contributed by atoms with Crippen LogP contribution in [0.25, 0.3) is 0 Å². The van der Waals surface area contributed by atoms with Crippen LogP contribution < -0.4 is 31.1 Å². The molecule has 0 radical (unpaired) electrons. The number of H-pyrrole nitrogens is 1. The van der Waals surface area contributed by atoms with Gasteiger partial charge in [-0.05, 0) is 115 Å². The number of ether oxygens (including phenoxy) is 5. The number of nitrogens with one attached hydrogen (secondary N) is 3. The second-order valence-corrected chi connectivity index (χ2v) is 25.4. The molecule has 3 aromatic heterocycles. The largest absolute Gasteiger partial charge is 0.477 e. The van der Waals surface area contributed by atoms with Gasteiger partial charge in [0.05, 0.1) is 7.11 Å². The summed E-state index contributed by atoms with van der Waals surface area (Å²) in [6, 6.07) is 22.1. The Kier molecular flexibility index (Phi) is 24.8. The molecule has 3 aromatic carbocycles. The zero-order valence-electron chi connectivity index (χ0n) is 52.4. The Labute approximate surface area is 539 Å². The molecule has 3 fully saturated rings. The van der Waals surface area contributed by atoms with Gasteiger partial charge in [0.2, 0.25) is 0 Å². The monoisotopic (exact) mass is 1300 g/mol. The van der Waals surface area contributed by atoms with Gasteiger partial charge >= 0.3 is 30.1 Å². The zero-order valence-corrected chi connectivity index (χ0v) is 54.7. The van der Waals surface area contributed by atoms with E-state index >= 15 is 0 Å². The Morgan fingerprint density at radius 1 is 0.600 bits per heavy atom. The first-order chi connectivity index (χ1) is 42.8. The molecule has 2 amide bonds. The van der Waals surface area contributed by atoms with Gasteiger partial charge in [0.1, 0.15) is 36.2 Å². The average Bonchev–Trinajstić information content (AvgIpc) is 1.66. The van der Waals surface area contributed by atoms with E-state index < -0.39 is 41.3 Å². The number of rotatable bonds is 18. The van der Waals surface area contributed by atoms with Crippen molar-refractivity contribution in [3.05, 3.63) is 138 Å². The van der Waals surface area contributed by atoms with Crippen molar-refractivity contribution in [2.75, 3.05) is 75.3 Å². The van der Waals surface area contributed by atoms with Gasteiger partial charge in [0.15, 0.2) is 23.0 Å². The summed E-state index contributed by atoms with van der Waals surface area (Å²) in [7, 11) is 4.38. The third kappa shape index (κ3) is 19.2. The third-order valence-corrected chi connectivity index (χ3v) is 15.9. The summed E-state index contributed by atoms with van der Waals surface area (Å²) in [6.45, 7) is 14.9. The Balaban J connectivity index is 0.000000195. The molecule has 24 nitrogen and oxygen atoms in total. The summed E-state index contributed by atoms with van der Waals surface area (Å²) < 4.78 is 29.1. The first kappa shape index (κ1) is 69.9. The zero-order chi connectivity index (χ0) is 65.5. The molecule has 0 aliphatic carbocycles. The molecule has 3 saturated heterocycles. The van der Waals surface area contributed by atoms with Gasteiger partial charge in [-0.2, -0.15) is 15.3 Å². The van der Waals surface area contributed by atoms with Crippen LogP contribution in [-0.4, -0.2) is 160 Å². The van der Waals surface area contributed by atoms with Crippen molar-refractivity contribution in [2.45, 2.75) is 142 Å². The molecule has 0 unspecified atom stereocenters. The number of hydrogen-bond donors (Lipinski definition) is 6. The van der Waals surface area contributed by atoms with E-state index in [1.165, 1.54) is 26.0 Å². The first-order valence-corrected chi connectivity index (χ1v) is 30.9. The normalized spacial score (nSPS) is 16.9. The van der Waals surface area contributed by atoms with Gasteiger partial charge in [-0.3, -0.25) is 5.10 Å². The van der Waals surface area contributed by atoms with E-state index in [1.54, 1.807) is 16.8 Å². The molecule has 0 spiro atoms. The number of hydrogen-bond acceptors (Lipinski definition) is 17. The number of benzene rings is 3. The summed E-state index contributed by atoms with van der Waals surface area (Å²) in [5, 5.41) is 43.6. The fourth-order valence-electron chi connectivity index (χ4n) is 11.0. The Hall–Kier alpha value is -7.61. The molecule has 3 aliphatic heterocycles. The van der Waals surface area contributed by atoms with Crippen molar-refractivity contribution in [3.8, 4) is 0 Å². The number of aromatic carboxylic acids is 2. The van der Waals surface area contributed by atoms with Crippen LogP contribution in [0, 0.1) is 0 Å². The van der Waals surface area contributed by atoms with E-state index in [1.807, 2.05) is 107 Å². The minimum atomic E-state index is -1.12. The maximum absolute atomic E-state index is 12.3. The topological polar surface area (TPSA) is 296 Å². The summed E-state index contributed by atoms with van der Waals surface area (Å²) in [4.78, 5) is 67.1. The van der Waals surface area contributed by atoms with Gasteiger partial charge in [-0.15, -0.1) is 0 Å². The molecule has 0 saturated carbocycles. The minimum absolute atomic E-state index is 0.00455. The van der Waals surface area contributed by atoms with Crippen molar-refractivity contribution in [3.63, 3.8) is 0 Å². The third-order valence-electron chi connectivity index (χ3n) is 14.8. The van der Waals surface area contributed by atoms with Gasteiger partial charge in [0.25, 0.3) is 0 Å². The number of anilines is 3. The minimum Gasteiger partial charge on any atom is -0.477 e. The summed E-state index contributed by atoms with van der Waals surface area (Å²) in [6.07, 6.45) is 5.39. The van der Waals surface area contributed by atoms with Crippen molar-refractivity contribution >= 4 is 82.4 Å². The maximum Gasteiger partial charge on any atom is 0.407 e. The van der Waals surface area contributed by atoms with E-state index in [2.05, 4.69) is 40.8 Å². The summed E-state index contributed by atoms with van der Waals surface area (Å²) in [5.41, 5.74) is 9.77. The molecular formula is C63H83Cl3N12O12. The molecule has 9 rings (SSSR count). The number of esters is 1. The lowest BCUT2D eigenvalue weighted by Gasteiger charge is -2.35. The van der Waals surface area contributed by atoms with Crippen LogP contribution in [-0.2, 0) is 56.4 Å². The van der Waals surface area contributed by atoms with Gasteiger partial charge in [-0.1, -0.05) is 89.4 Å². The van der Waals surface area contributed by atoms with Crippen molar-refractivity contribution in [2.24, 2.45) is 5.73 Å². The second kappa shape index (κ2) is 31.9. The van der Waals surface area contributed by atoms with Crippen molar-refractivity contribution in [1.82, 2.24) is 40.4 Å².